The fourth-order valence-electron chi connectivity index (χ4n) is 0.753. The summed E-state index contributed by atoms with van der Waals surface area (Å²) in [5, 5.41) is 9.27. The summed E-state index contributed by atoms with van der Waals surface area (Å²) in [6.45, 7) is 0. The van der Waals surface area contributed by atoms with Crippen molar-refractivity contribution in [3.8, 4) is 0 Å². The van der Waals surface area contributed by atoms with Crippen LogP contribution in [0.4, 0.5) is 0 Å². The van der Waals surface area contributed by atoms with E-state index in [1.54, 1.807) is 6.20 Å². The summed E-state index contributed by atoms with van der Waals surface area (Å²) < 4.78 is 0. The molecule has 2 heterocycles. The summed E-state index contributed by atoms with van der Waals surface area (Å²) >= 11 is 0. The maximum absolute atomic E-state index is 3.66. The van der Waals surface area contributed by atoms with E-state index in [4.69, 9.17) is 0 Å². The minimum absolute atomic E-state index is 0.977. The van der Waals surface area contributed by atoms with E-state index < -0.39 is 0 Å². The van der Waals surface area contributed by atoms with Crippen LogP contribution in [0.3, 0.4) is 0 Å². The summed E-state index contributed by atoms with van der Waals surface area (Å²) in [6, 6.07) is 0. The molecule has 0 amide bonds. The fourth-order valence-corrected chi connectivity index (χ4v) is 0.753. The third kappa shape index (κ3) is 0.579. The Labute approximate surface area is 51.7 Å². The smallest absolute Gasteiger partial charge is 0.123 e. The van der Waals surface area contributed by atoms with Crippen LogP contribution in [0.15, 0.2) is 18.6 Å². The number of fused-ring (bicyclic) bond motifs is 1. The van der Waals surface area contributed by atoms with E-state index in [-0.39, 0.29) is 0 Å². The van der Waals surface area contributed by atoms with Gasteiger partial charge in [-0.3, -0.25) is 0 Å². The Morgan fingerprint density at radius 2 is 2.44 bits per heavy atom. The van der Waals surface area contributed by atoms with Gasteiger partial charge >= 0.3 is 0 Å². The van der Waals surface area contributed by atoms with Gasteiger partial charge in [-0.25, -0.2) is 0 Å². The van der Waals surface area contributed by atoms with Gasteiger partial charge in [0.2, 0.25) is 0 Å². The van der Waals surface area contributed by atoms with Crippen molar-refractivity contribution in [3.63, 3.8) is 0 Å². The zero-order valence-corrected chi connectivity index (χ0v) is 4.63. The van der Waals surface area contributed by atoms with Gasteiger partial charge in [0.05, 0.1) is 6.20 Å². The highest BCUT2D eigenvalue weighted by Gasteiger charge is 1.90. The van der Waals surface area contributed by atoms with Gasteiger partial charge in [0.1, 0.15) is 6.20 Å². The van der Waals surface area contributed by atoms with Gasteiger partial charge in [-0.1, -0.05) is 0 Å². The van der Waals surface area contributed by atoms with E-state index in [0.717, 1.165) is 10.8 Å². The van der Waals surface area contributed by atoms with E-state index in [1.165, 1.54) is 0 Å². The van der Waals surface area contributed by atoms with Gasteiger partial charge in [-0.2, -0.15) is 5.10 Å². The molecular formula is C6H4N3. The number of hydrogen-bond acceptors (Lipinski definition) is 2. The van der Waals surface area contributed by atoms with Crippen LogP contribution in [0.1, 0.15) is 0 Å². The molecule has 1 N–H and O–H groups in total. The summed E-state index contributed by atoms with van der Waals surface area (Å²) in [5.41, 5.74) is 0. The number of aromatic nitrogens is 3. The molecule has 0 unspecified atom stereocenters. The predicted molar refractivity (Wildman–Crippen MR) is 32.7 cm³/mol. The molecule has 0 fully saturated rings. The van der Waals surface area contributed by atoms with E-state index >= 15 is 0 Å². The Morgan fingerprint density at radius 1 is 1.44 bits per heavy atom. The number of rotatable bonds is 0. The topological polar surface area (TPSA) is 41.6 Å². The van der Waals surface area contributed by atoms with E-state index in [2.05, 4.69) is 21.4 Å². The molecule has 1 radical (unpaired) electrons. The quantitative estimate of drug-likeness (QED) is 0.554. The zero-order valence-electron chi connectivity index (χ0n) is 4.63. The number of hydrogen-bond donors (Lipinski definition) is 1. The minimum atomic E-state index is 0.977. The maximum atomic E-state index is 3.66. The van der Waals surface area contributed by atoms with Crippen LogP contribution in [0.5, 0.6) is 0 Å². The van der Waals surface area contributed by atoms with Crippen LogP contribution in [0.25, 0.3) is 10.8 Å². The summed E-state index contributed by atoms with van der Waals surface area (Å²) in [4.78, 5) is 2.93. The zero-order chi connectivity index (χ0) is 6.10. The average Bonchev–Trinajstić information content (AvgIpc) is 2.33. The molecule has 0 spiro atoms. The lowest BCUT2D eigenvalue weighted by molar-refractivity contribution is 1.04. The molecule has 0 aliphatic carbocycles. The summed E-state index contributed by atoms with van der Waals surface area (Å²) in [6.07, 6.45) is 8.13. The molecule has 3 heteroatoms. The molecule has 0 aliphatic rings. The second-order valence-corrected chi connectivity index (χ2v) is 1.78. The molecule has 0 saturated heterocycles. The van der Waals surface area contributed by atoms with Crippen molar-refractivity contribution in [1.82, 2.24) is 15.2 Å². The van der Waals surface area contributed by atoms with Crippen molar-refractivity contribution in [2.24, 2.45) is 0 Å². The lowest BCUT2D eigenvalue weighted by Crippen LogP contribution is -1.74. The van der Waals surface area contributed by atoms with Gasteiger partial charge in [-0.15, -0.1) is 5.10 Å². The Balaban J connectivity index is 2.95. The lowest BCUT2D eigenvalue weighted by Gasteiger charge is -1.79. The number of aromatic amines is 1. The van der Waals surface area contributed by atoms with Gasteiger partial charge in [-0.05, 0) is 0 Å². The first-order valence-corrected chi connectivity index (χ1v) is 2.63. The van der Waals surface area contributed by atoms with Crippen LogP contribution in [-0.2, 0) is 0 Å². The van der Waals surface area contributed by atoms with E-state index in [0.29, 0.717) is 0 Å². The molecule has 0 aliphatic heterocycles. The molecular weight excluding hydrogens is 114 g/mol. The molecule has 0 saturated carbocycles. The largest absolute Gasteiger partial charge is 0.366 e. The van der Waals surface area contributed by atoms with Crippen LogP contribution in [0.2, 0.25) is 0 Å². The predicted octanol–water partition coefficient (Wildman–Crippen LogP) is 0.758. The van der Waals surface area contributed by atoms with Crippen molar-refractivity contribution in [2.45, 2.75) is 0 Å². The summed E-state index contributed by atoms with van der Waals surface area (Å²) in [5.74, 6) is 0. The molecule has 43 valence electrons. The molecule has 2 aromatic rings. The van der Waals surface area contributed by atoms with Crippen molar-refractivity contribution >= 4 is 10.8 Å². The van der Waals surface area contributed by atoms with Crippen LogP contribution in [-0.4, -0.2) is 15.2 Å². The third-order valence-electron chi connectivity index (χ3n) is 1.20. The van der Waals surface area contributed by atoms with Crippen molar-refractivity contribution in [2.75, 3.05) is 0 Å². The van der Waals surface area contributed by atoms with Gasteiger partial charge < -0.3 is 4.98 Å². The van der Waals surface area contributed by atoms with Crippen molar-refractivity contribution in [1.29, 1.82) is 0 Å². The number of nitrogens with one attached hydrogen (secondary N) is 1. The van der Waals surface area contributed by atoms with Gasteiger partial charge in [0.15, 0.2) is 0 Å². The monoisotopic (exact) mass is 118 g/mol. The molecule has 2 rings (SSSR count). The van der Waals surface area contributed by atoms with Crippen LogP contribution >= 0.6 is 0 Å². The van der Waals surface area contributed by atoms with Crippen LogP contribution in [0, 0.1) is 6.20 Å². The van der Waals surface area contributed by atoms with Crippen LogP contribution < -0.4 is 0 Å². The molecule has 9 heavy (non-hydrogen) atoms. The fraction of sp³-hybridized carbons (Fsp3) is 0. The third-order valence-corrected chi connectivity index (χ3v) is 1.20. The van der Waals surface area contributed by atoms with Crippen molar-refractivity contribution in [3.05, 3.63) is 24.8 Å². The molecule has 3 nitrogen and oxygen atoms in total. The lowest BCUT2D eigenvalue weighted by atomic mass is 10.3. The van der Waals surface area contributed by atoms with Gasteiger partial charge in [0.25, 0.3) is 0 Å². The highest BCUT2D eigenvalue weighted by Crippen LogP contribution is 2.06. The first-order chi connectivity index (χ1) is 4.47. The molecule has 2 aromatic heterocycles. The highest BCUT2D eigenvalue weighted by molar-refractivity contribution is 5.79. The number of H-pyrrole nitrogens is 1. The number of nitrogens with zero attached hydrogens (tertiary/aromatic N) is 2. The second kappa shape index (κ2) is 1.55. The maximum Gasteiger partial charge on any atom is 0.123 e. The average molecular weight is 118 g/mol. The van der Waals surface area contributed by atoms with Gasteiger partial charge in [0, 0.05) is 23.2 Å². The normalized spacial score (nSPS) is 10.2. The second-order valence-electron chi connectivity index (χ2n) is 1.78. The standard InChI is InChI=1S/C6H4N3/c1-5-3-8-9-4-6(5)2-7-1/h1-3,7H. The molecule has 0 aromatic carbocycles. The summed E-state index contributed by atoms with van der Waals surface area (Å²) in [7, 11) is 0. The van der Waals surface area contributed by atoms with E-state index in [1.807, 2.05) is 12.4 Å². The van der Waals surface area contributed by atoms with Crippen molar-refractivity contribution < 1.29 is 0 Å². The Morgan fingerprint density at radius 3 is 3.33 bits per heavy atom. The first-order valence-electron chi connectivity index (χ1n) is 2.63. The SMILES string of the molecule is [c]1nncc2c[nH]cc12. The molecule has 0 bridgehead atoms. The highest BCUT2D eigenvalue weighted by atomic mass is 15.1. The molecule has 0 atom stereocenters. The first kappa shape index (κ1) is 4.49. The Kier molecular flexibility index (Phi) is 0.773. The Bertz CT molecular complexity index is 282. The van der Waals surface area contributed by atoms with E-state index in [9.17, 15) is 0 Å². The minimum Gasteiger partial charge on any atom is -0.366 e. The Hall–Kier alpha value is -1.38.